The number of aliphatic hydroxyl groups is 2. The van der Waals surface area contributed by atoms with Gasteiger partial charge in [0, 0.05) is 5.69 Å². The molecule has 0 fully saturated rings. The largest absolute Gasteiger partial charge is 0.493 e. The van der Waals surface area contributed by atoms with Crippen LogP contribution in [0.5, 0.6) is 23.0 Å². The van der Waals surface area contributed by atoms with Gasteiger partial charge in [-0.25, -0.2) is 4.79 Å². The molecule has 0 saturated heterocycles. The minimum atomic E-state index is -0.619. The topological polar surface area (TPSA) is 150 Å². The van der Waals surface area contributed by atoms with Crippen molar-refractivity contribution in [1.29, 1.82) is 0 Å². The normalized spacial score (nSPS) is 12.0. The Balaban J connectivity index is 0.000000323. The van der Waals surface area contributed by atoms with E-state index in [1.807, 2.05) is 121 Å². The lowest BCUT2D eigenvalue weighted by molar-refractivity contribution is 0.0522. The van der Waals surface area contributed by atoms with Crippen LogP contribution in [0, 0.1) is 27.7 Å². The second-order valence-electron chi connectivity index (χ2n) is 15.8. The number of hydrogen-bond acceptors (Lipinski definition) is 10. The second-order valence-corrected chi connectivity index (χ2v) is 15.8. The fourth-order valence-electron chi connectivity index (χ4n) is 6.49. The number of unbranched alkanes of at least 4 members (excludes halogenated alkanes) is 2. The highest BCUT2D eigenvalue weighted by Gasteiger charge is 2.23. The summed E-state index contributed by atoms with van der Waals surface area (Å²) in [5, 5.41) is 33.8. The highest BCUT2D eigenvalue weighted by atomic mass is 32.1. The first-order chi connectivity index (χ1) is 28.3. The van der Waals surface area contributed by atoms with Crippen molar-refractivity contribution in [3.63, 3.8) is 0 Å². The van der Waals surface area contributed by atoms with E-state index in [2.05, 4.69) is 15.3 Å². The van der Waals surface area contributed by atoms with E-state index in [0.29, 0.717) is 43.0 Å². The molecule has 6 rings (SSSR count). The van der Waals surface area contributed by atoms with Gasteiger partial charge in [0.2, 0.25) is 0 Å². The first kappa shape index (κ1) is 50.5. The number of H-pyrrole nitrogens is 1. The third kappa shape index (κ3) is 15.2. The average molecular weight is 877 g/mol. The number of ether oxygens (including phenoxy) is 5. The van der Waals surface area contributed by atoms with Gasteiger partial charge in [-0.3, -0.25) is 5.10 Å². The van der Waals surface area contributed by atoms with Crippen LogP contribution in [0.4, 0.5) is 4.79 Å². The van der Waals surface area contributed by atoms with E-state index < -0.39 is 23.9 Å². The molecule has 0 radical (unpaired) electrons. The molecule has 14 heteroatoms. The predicted molar refractivity (Wildman–Crippen MR) is 252 cm³/mol. The lowest BCUT2D eigenvalue weighted by Crippen LogP contribution is -2.27. The van der Waals surface area contributed by atoms with Crippen LogP contribution in [0.1, 0.15) is 81.8 Å². The zero-order chi connectivity index (χ0) is 42.4. The molecule has 0 unspecified atom stereocenters. The average Bonchev–Trinajstić information content (AvgIpc) is 3.76. The highest BCUT2D eigenvalue weighted by molar-refractivity contribution is 7.59. The molecule has 0 aliphatic rings. The zero-order valence-corrected chi connectivity index (χ0v) is 38.5. The Labute approximate surface area is 373 Å². The van der Waals surface area contributed by atoms with Crippen molar-refractivity contribution in [2.75, 3.05) is 26.4 Å². The molecule has 12 nitrogen and oxygen atoms in total. The minimum Gasteiger partial charge on any atom is -0.493 e. The number of hydrogen-bond donors (Lipinski definition) is 3. The third-order valence-electron chi connectivity index (χ3n) is 9.56. The van der Waals surface area contributed by atoms with Gasteiger partial charge < -0.3 is 33.9 Å². The van der Waals surface area contributed by atoms with E-state index in [4.69, 9.17) is 23.7 Å². The van der Waals surface area contributed by atoms with Gasteiger partial charge in [0.05, 0.1) is 52.9 Å². The molecule has 3 N–H and O–H groups in total. The number of benzene rings is 4. The molecule has 0 saturated carbocycles. The van der Waals surface area contributed by atoms with Crippen molar-refractivity contribution >= 4 is 54.9 Å². The van der Waals surface area contributed by atoms with Crippen LogP contribution in [-0.4, -0.2) is 80.5 Å². The molecule has 6 aromatic rings. The fourth-order valence-corrected chi connectivity index (χ4v) is 6.49. The number of carbonyl (C=O) groups is 1. The van der Waals surface area contributed by atoms with Crippen LogP contribution in [0.3, 0.4) is 0 Å². The van der Waals surface area contributed by atoms with Gasteiger partial charge in [-0.1, -0.05) is 48.5 Å². The number of rotatable bonds is 18. The van der Waals surface area contributed by atoms with Crippen LogP contribution in [0.25, 0.3) is 21.8 Å². The molecule has 332 valence electrons. The van der Waals surface area contributed by atoms with E-state index in [-0.39, 0.29) is 40.2 Å². The van der Waals surface area contributed by atoms with Gasteiger partial charge in [-0.2, -0.15) is 41.9 Å². The Bertz CT molecular complexity index is 2250. The highest BCUT2D eigenvalue weighted by Crippen LogP contribution is 2.30. The number of aliphatic hydroxyl groups excluding tert-OH is 2. The van der Waals surface area contributed by atoms with Gasteiger partial charge in [-0.05, 0) is 135 Å². The van der Waals surface area contributed by atoms with Crippen LogP contribution >= 0.6 is 27.0 Å². The summed E-state index contributed by atoms with van der Waals surface area (Å²) in [4.78, 5) is 12.5. The van der Waals surface area contributed by atoms with E-state index >= 15 is 0 Å². The Kier molecular flexibility index (Phi) is 20.3. The molecular weight excluding hydrogens is 813 g/mol. The Morgan fingerprint density at radius 1 is 0.656 bits per heavy atom. The van der Waals surface area contributed by atoms with E-state index in [9.17, 15) is 15.0 Å². The number of carbonyl (C=O) groups excluding carboxylic acids is 1. The Morgan fingerprint density at radius 3 is 1.67 bits per heavy atom. The summed E-state index contributed by atoms with van der Waals surface area (Å²) >= 11 is 0. The second kappa shape index (κ2) is 24.5. The first-order valence-electron chi connectivity index (χ1n) is 20.4. The van der Waals surface area contributed by atoms with Gasteiger partial charge in [0.15, 0.2) is 0 Å². The smallest absolute Gasteiger partial charge is 0.435 e. The molecule has 0 spiro atoms. The molecule has 0 amide bonds. The number of fused-ring (bicyclic) bond motifs is 2. The fraction of sp³-hybridized carbons (Fsp3) is 0.426. The van der Waals surface area contributed by atoms with Crippen LogP contribution in [0.15, 0.2) is 84.9 Å². The maximum atomic E-state index is 12.5. The van der Waals surface area contributed by atoms with Crippen molar-refractivity contribution in [3.05, 3.63) is 107 Å². The predicted octanol–water partition coefficient (Wildman–Crippen LogP) is 9.82. The SMILES string of the molecule is Cc1ccccc1OCCCC[C@H](O)COc1cccc2c1c(C)nn2C(=O)OC(C)(C)C.Cc1ccccc1OCCCC[C@H](O)COc1cccc2n[nH]c(C)c12.S.S. The van der Waals surface area contributed by atoms with E-state index in [1.165, 1.54) is 4.68 Å². The van der Waals surface area contributed by atoms with Crippen LogP contribution in [0.2, 0.25) is 0 Å². The van der Waals surface area contributed by atoms with Crippen molar-refractivity contribution in [2.24, 2.45) is 0 Å². The Hall–Kier alpha value is -4.89. The summed E-state index contributed by atoms with van der Waals surface area (Å²) < 4.78 is 30.0. The number of nitrogens with zero attached hydrogens (tertiary/aromatic N) is 3. The Morgan fingerprint density at radius 2 is 1.15 bits per heavy atom. The number of nitrogens with one attached hydrogen (secondary N) is 1. The number of aromatic nitrogens is 4. The molecule has 61 heavy (non-hydrogen) atoms. The molecule has 2 atom stereocenters. The minimum absolute atomic E-state index is 0. The monoisotopic (exact) mass is 876 g/mol. The maximum absolute atomic E-state index is 12.5. The summed E-state index contributed by atoms with van der Waals surface area (Å²) in [7, 11) is 0. The quantitative estimate of drug-likeness (QED) is 0.0713. The third-order valence-corrected chi connectivity index (χ3v) is 9.56. The van der Waals surface area contributed by atoms with Crippen molar-refractivity contribution in [3.8, 4) is 23.0 Å². The molecule has 2 heterocycles. The molecular formula is C47H64N4O8S2. The zero-order valence-electron chi connectivity index (χ0n) is 36.5. The van der Waals surface area contributed by atoms with Crippen LogP contribution in [-0.2, 0) is 4.74 Å². The van der Waals surface area contributed by atoms with Crippen molar-refractivity contribution in [1.82, 2.24) is 20.0 Å². The summed E-state index contributed by atoms with van der Waals surface area (Å²) in [6.45, 7) is 15.0. The lowest BCUT2D eigenvalue weighted by atomic mass is 10.1. The number of aromatic amines is 1. The summed E-state index contributed by atoms with van der Waals surface area (Å²) in [6.07, 6.45) is 3.16. The van der Waals surface area contributed by atoms with Gasteiger partial charge in [-0.15, -0.1) is 0 Å². The molecule has 0 bridgehead atoms. The number of aryl methyl sites for hydroxylation is 4. The summed E-state index contributed by atoms with van der Waals surface area (Å²) in [5.41, 5.74) is 4.76. The van der Waals surface area contributed by atoms with Crippen molar-refractivity contribution in [2.45, 2.75) is 105 Å². The van der Waals surface area contributed by atoms with E-state index in [0.717, 1.165) is 76.0 Å². The molecule has 0 aliphatic carbocycles. The lowest BCUT2D eigenvalue weighted by Gasteiger charge is -2.19. The number of para-hydroxylation sites is 2. The standard InChI is InChI=1S/C26H34N2O5.C21H26N2O3.2H2S/c1-18-11-6-7-14-22(18)31-16-9-8-12-20(29)17-32-23-15-10-13-21-24(23)19(2)27-28(21)25(30)33-26(3,4)5;1-15-8-3-4-11-19(15)25-13-6-5-9-17(24)14-26-20-12-7-10-18-21(20)16(2)22-23-18;;/h6-7,10-11,13-15,20,29H,8-9,12,16-17H2,1-5H3;3-4,7-8,10-12,17,24H,5-6,9,13-14H2,1-2H3,(H,22,23);2*1H2/t20-;17-;;/m00../s1. The molecule has 4 aromatic carbocycles. The molecule has 0 aliphatic heterocycles. The van der Waals surface area contributed by atoms with Gasteiger partial charge >= 0.3 is 6.09 Å². The summed E-state index contributed by atoms with van der Waals surface area (Å²) in [5.74, 6) is 3.18. The van der Waals surface area contributed by atoms with Crippen LogP contribution < -0.4 is 18.9 Å². The van der Waals surface area contributed by atoms with Gasteiger partial charge in [0.25, 0.3) is 0 Å². The first-order valence-corrected chi connectivity index (χ1v) is 20.4. The van der Waals surface area contributed by atoms with Gasteiger partial charge in [0.1, 0.15) is 41.8 Å². The maximum Gasteiger partial charge on any atom is 0.435 e. The van der Waals surface area contributed by atoms with E-state index in [1.54, 1.807) is 12.1 Å². The van der Waals surface area contributed by atoms with Crippen molar-refractivity contribution < 1.29 is 38.7 Å². The molecule has 2 aromatic heterocycles. The summed E-state index contributed by atoms with van der Waals surface area (Å²) in [6, 6.07) is 27.1.